The van der Waals surface area contributed by atoms with Gasteiger partial charge in [0.25, 0.3) is 0 Å². The minimum absolute atomic E-state index is 0.0620. The summed E-state index contributed by atoms with van der Waals surface area (Å²) in [6.45, 7) is 3.13. The Morgan fingerprint density at radius 3 is 2.48 bits per heavy atom. The van der Waals surface area contributed by atoms with Gasteiger partial charge in [-0.15, -0.1) is 0 Å². The van der Waals surface area contributed by atoms with Gasteiger partial charge in [-0.05, 0) is 44.4 Å². The van der Waals surface area contributed by atoms with E-state index in [-0.39, 0.29) is 16.8 Å². The maximum atomic E-state index is 13.1. The quantitative estimate of drug-likeness (QED) is 0.739. The lowest BCUT2D eigenvalue weighted by atomic mass is 10.1. The Bertz CT molecular complexity index is 605. The molecule has 2 amide bonds. The van der Waals surface area contributed by atoms with Gasteiger partial charge in [-0.25, -0.2) is 4.39 Å². The van der Waals surface area contributed by atoms with Gasteiger partial charge in [0.05, 0.1) is 12.1 Å². The van der Waals surface area contributed by atoms with Crippen LogP contribution in [0.25, 0.3) is 0 Å². The van der Waals surface area contributed by atoms with E-state index in [1.807, 2.05) is 0 Å². The monoisotopic (exact) mass is 342 g/mol. The van der Waals surface area contributed by atoms with E-state index in [4.69, 9.17) is 11.6 Å². The molecule has 2 rings (SSSR count). The van der Waals surface area contributed by atoms with Gasteiger partial charge in [-0.1, -0.05) is 17.7 Å². The number of carbonyl (C=O) groups excluding carboxylic acids is 2. The second-order valence-corrected chi connectivity index (χ2v) is 6.30. The topological polar surface area (TPSA) is 78.4 Å². The molecule has 1 fully saturated rings. The number of aliphatic hydroxyl groups excluding tert-OH is 1. The van der Waals surface area contributed by atoms with Crippen molar-refractivity contribution >= 4 is 23.4 Å². The highest BCUT2D eigenvalue weighted by Crippen LogP contribution is 2.29. The molecule has 1 saturated carbocycles. The maximum absolute atomic E-state index is 13.1. The third kappa shape index (κ3) is 4.65. The molecule has 126 valence electrons. The standard InChI is InChI=1S/C16H20ClFN2O3/c1-8(12-6-5-11(18)7-13(12)17)19-16(23)14(9(2)21)20-15(22)10-3-4-10/h5-10,14,21H,3-4H2,1-2H3,(H,19,23)(H,20,22). The Morgan fingerprint density at radius 2 is 1.96 bits per heavy atom. The number of nitrogens with one attached hydrogen (secondary N) is 2. The third-order valence-corrected chi connectivity index (χ3v) is 4.13. The van der Waals surface area contributed by atoms with E-state index in [0.29, 0.717) is 5.56 Å². The zero-order valence-corrected chi connectivity index (χ0v) is 13.7. The number of hydrogen-bond acceptors (Lipinski definition) is 3. The molecule has 1 aromatic carbocycles. The van der Waals surface area contributed by atoms with Gasteiger partial charge in [0.1, 0.15) is 11.9 Å². The lowest BCUT2D eigenvalue weighted by Gasteiger charge is -2.24. The number of benzene rings is 1. The first-order chi connectivity index (χ1) is 10.8. The SMILES string of the molecule is CC(NC(=O)C(NC(=O)C1CC1)C(C)O)c1ccc(F)cc1Cl. The Morgan fingerprint density at radius 1 is 1.30 bits per heavy atom. The van der Waals surface area contributed by atoms with Crippen molar-refractivity contribution in [2.75, 3.05) is 0 Å². The Balaban J connectivity index is 2.03. The smallest absolute Gasteiger partial charge is 0.245 e. The molecule has 0 spiro atoms. The number of aliphatic hydroxyl groups is 1. The fourth-order valence-corrected chi connectivity index (χ4v) is 2.59. The zero-order chi connectivity index (χ0) is 17.1. The van der Waals surface area contributed by atoms with Crippen LogP contribution in [0.2, 0.25) is 5.02 Å². The van der Waals surface area contributed by atoms with Crippen molar-refractivity contribution < 1.29 is 19.1 Å². The molecule has 0 radical (unpaired) electrons. The van der Waals surface area contributed by atoms with E-state index in [2.05, 4.69) is 10.6 Å². The molecule has 1 aliphatic carbocycles. The van der Waals surface area contributed by atoms with Crippen LogP contribution in [0.4, 0.5) is 4.39 Å². The van der Waals surface area contributed by atoms with Gasteiger partial charge < -0.3 is 15.7 Å². The maximum Gasteiger partial charge on any atom is 0.245 e. The molecule has 23 heavy (non-hydrogen) atoms. The van der Waals surface area contributed by atoms with Crippen molar-refractivity contribution in [2.24, 2.45) is 5.92 Å². The first-order valence-electron chi connectivity index (χ1n) is 7.53. The second-order valence-electron chi connectivity index (χ2n) is 5.90. The first kappa shape index (κ1) is 17.7. The van der Waals surface area contributed by atoms with Crippen LogP contribution in [0.1, 0.15) is 38.3 Å². The summed E-state index contributed by atoms with van der Waals surface area (Å²) in [6, 6.07) is 2.38. The first-order valence-corrected chi connectivity index (χ1v) is 7.91. The summed E-state index contributed by atoms with van der Waals surface area (Å²) < 4.78 is 13.1. The molecular formula is C16H20ClFN2O3. The van der Waals surface area contributed by atoms with E-state index in [1.165, 1.54) is 25.1 Å². The second kappa shape index (κ2) is 7.27. The van der Waals surface area contributed by atoms with E-state index < -0.39 is 29.9 Å². The van der Waals surface area contributed by atoms with Gasteiger partial charge in [0.2, 0.25) is 11.8 Å². The van der Waals surface area contributed by atoms with Crippen molar-refractivity contribution in [1.29, 1.82) is 0 Å². The molecule has 3 N–H and O–H groups in total. The highest BCUT2D eigenvalue weighted by atomic mass is 35.5. The largest absolute Gasteiger partial charge is 0.391 e. The highest BCUT2D eigenvalue weighted by molar-refractivity contribution is 6.31. The number of carbonyl (C=O) groups is 2. The van der Waals surface area contributed by atoms with E-state index >= 15 is 0 Å². The average Bonchev–Trinajstić information content (AvgIpc) is 3.28. The van der Waals surface area contributed by atoms with Crippen LogP contribution in [0.15, 0.2) is 18.2 Å². The van der Waals surface area contributed by atoms with Gasteiger partial charge in [-0.3, -0.25) is 9.59 Å². The van der Waals surface area contributed by atoms with E-state index in [0.717, 1.165) is 12.8 Å². The zero-order valence-electron chi connectivity index (χ0n) is 13.0. The van der Waals surface area contributed by atoms with Crippen LogP contribution < -0.4 is 10.6 Å². The van der Waals surface area contributed by atoms with E-state index in [1.54, 1.807) is 6.92 Å². The van der Waals surface area contributed by atoms with Gasteiger partial charge in [0, 0.05) is 10.9 Å². The molecule has 0 bridgehead atoms. The Kier molecular flexibility index (Phi) is 5.59. The summed E-state index contributed by atoms with van der Waals surface area (Å²) in [5, 5.41) is 15.2. The summed E-state index contributed by atoms with van der Waals surface area (Å²) >= 11 is 5.97. The van der Waals surface area contributed by atoms with Crippen molar-refractivity contribution in [3.8, 4) is 0 Å². The lowest BCUT2D eigenvalue weighted by molar-refractivity contribution is -0.132. The summed E-state index contributed by atoms with van der Waals surface area (Å²) in [6.07, 6.45) is 0.581. The third-order valence-electron chi connectivity index (χ3n) is 3.80. The number of hydrogen-bond donors (Lipinski definition) is 3. The minimum Gasteiger partial charge on any atom is -0.391 e. The number of rotatable bonds is 6. The molecule has 0 heterocycles. The normalized spacial score (nSPS) is 18.0. The summed E-state index contributed by atoms with van der Waals surface area (Å²) in [5.74, 6) is -1.26. The van der Waals surface area contributed by atoms with Gasteiger partial charge >= 0.3 is 0 Å². The molecule has 0 aliphatic heterocycles. The molecule has 0 aromatic heterocycles. The van der Waals surface area contributed by atoms with Crippen LogP contribution in [0, 0.1) is 11.7 Å². The average molecular weight is 343 g/mol. The van der Waals surface area contributed by atoms with Crippen LogP contribution in [-0.2, 0) is 9.59 Å². The highest BCUT2D eigenvalue weighted by Gasteiger charge is 2.34. The fourth-order valence-electron chi connectivity index (χ4n) is 2.26. The van der Waals surface area contributed by atoms with Crippen LogP contribution in [0.5, 0.6) is 0 Å². The summed E-state index contributed by atoms with van der Waals surface area (Å²) in [5.41, 5.74) is 0.555. The van der Waals surface area contributed by atoms with E-state index in [9.17, 15) is 19.1 Å². The van der Waals surface area contributed by atoms with Gasteiger partial charge in [0.15, 0.2) is 0 Å². The molecule has 3 atom stereocenters. The predicted octanol–water partition coefficient (Wildman–Crippen LogP) is 1.93. The molecular weight excluding hydrogens is 323 g/mol. The molecule has 7 heteroatoms. The molecule has 3 unspecified atom stereocenters. The Hall–Kier alpha value is -1.66. The molecule has 0 saturated heterocycles. The number of amides is 2. The Labute approximate surface area is 139 Å². The number of halogens is 2. The van der Waals surface area contributed by atoms with Crippen molar-refractivity contribution in [3.05, 3.63) is 34.6 Å². The molecule has 5 nitrogen and oxygen atoms in total. The van der Waals surface area contributed by atoms with Crippen molar-refractivity contribution in [3.63, 3.8) is 0 Å². The van der Waals surface area contributed by atoms with Crippen LogP contribution in [-0.4, -0.2) is 29.1 Å². The summed E-state index contributed by atoms with van der Waals surface area (Å²) in [4.78, 5) is 24.1. The van der Waals surface area contributed by atoms with Crippen molar-refractivity contribution in [2.45, 2.75) is 44.9 Å². The minimum atomic E-state index is -1.04. The molecule has 1 aliphatic rings. The lowest BCUT2D eigenvalue weighted by Crippen LogP contribution is -2.53. The molecule has 1 aromatic rings. The van der Waals surface area contributed by atoms with Crippen molar-refractivity contribution in [1.82, 2.24) is 10.6 Å². The van der Waals surface area contributed by atoms with Gasteiger partial charge in [-0.2, -0.15) is 0 Å². The summed E-state index contributed by atoms with van der Waals surface area (Å²) in [7, 11) is 0. The fraction of sp³-hybridized carbons (Fsp3) is 0.500. The van der Waals surface area contributed by atoms with Crippen LogP contribution in [0.3, 0.4) is 0 Å². The van der Waals surface area contributed by atoms with Crippen LogP contribution >= 0.6 is 11.6 Å². The predicted molar refractivity (Wildman–Crippen MR) is 84.3 cm³/mol.